The molecular weight excluding hydrogens is 248 g/mol. The van der Waals surface area contributed by atoms with E-state index in [1.165, 1.54) is 12.8 Å². The first-order valence-electron chi connectivity index (χ1n) is 7.90. The lowest BCUT2D eigenvalue weighted by molar-refractivity contribution is 0.133. The molecule has 2 atom stereocenters. The lowest BCUT2D eigenvalue weighted by Crippen LogP contribution is -2.43. The highest BCUT2D eigenvalue weighted by Gasteiger charge is 2.27. The van der Waals surface area contributed by atoms with Crippen LogP contribution in [0.15, 0.2) is 24.3 Å². The van der Waals surface area contributed by atoms with Crippen LogP contribution >= 0.6 is 0 Å². The lowest BCUT2D eigenvalue weighted by Gasteiger charge is -2.37. The van der Waals surface area contributed by atoms with Crippen molar-refractivity contribution in [1.29, 1.82) is 0 Å². The van der Waals surface area contributed by atoms with Gasteiger partial charge in [-0.3, -0.25) is 4.90 Å². The van der Waals surface area contributed by atoms with Gasteiger partial charge < -0.3 is 10.4 Å². The molecule has 20 heavy (non-hydrogen) atoms. The summed E-state index contributed by atoms with van der Waals surface area (Å²) in [5.41, 5.74) is 1.06. The fraction of sp³-hybridized carbons (Fsp3) is 0.647. The molecule has 1 aliphatic heterocycles. The maximum absolute atomic E-state index is 10.2. The normalized spacial score (nSPS) is 20.8. The zero-order valence-electron chi connectivity index (χ0n) is 13.0. The quantitative estimate of drug-likeness (QED) is 0.837. The van der Waals surface area contributed by atoms with Crippen molar-refractivity contribution in [3.8, 4) is 5.75 Å². The molecule has 2 rings (SSSR count). The summed E-state index contributed by atoms with van der Waals surface area (Å²) in [5, 5.41) is 13.7. The first kappa shape index (κ1) is 15.3. The van der Waals surface area contributed by atoms with Crippen molar-refractivity contribution in [3.05, 3.63) is 29.8 Å². The molecule has 1 saturated heterocycles. The highest BCUT2D eigenvalue weighted by molar-refractivity contribution is 5.34. The third kappa shape index (κ3) is 3.53. The van der Waals surface area contributed by atoms with Crippen molar-refractivity contribution in [3.63, 3.8) is 0 Å². The summed E-state index contributed by atoms with van der Waals surface area (Å²) in [4.78, 5) is 2.53. The number of nitrogens with one attached hydrogen (secondary N) is 1. The van der Waals surface area contributed by atoms with Gasteiger partial charge in [-0.25, -0.2) is 0 Å². The highest BCUT2D eigenvalue weighted by Crippen LogP contribution is 2.32. The Hall–Kier alpha value is -1.06. The molecule has 1 aromatic carbocycles. The van der Waals surface area contributed by atoms with E-state index in [0.29, 0.717) is 23.9 Å². The van der Waals surface area contributed by atoms with E-state index in [1.54, 1.807) is 6.07 Å². The number of hydrogen-bond donors (Lipinski definition) is 2. The van der Waals surface area contributed by atoms with Crippen LogP contribution in [0.2, 0.25) is 0 Å². The second-order valence-electron chi connectivity index (χ2n) is 6.07. The number of aromatic hydroxyl groups is 1. The summed E-state index contributed by atoms with van der Waals surface area (Å²) in [6.45, 7) is 8.90. The zero-order valence-corrected chi connectivity index (χ0v) is 13.0. The van der Waals surface area contributed by atoms with Crippen molar-refractivity contribution in [2.24, 2.45) is 0 Å². The molecule has 0 bridgehead atoms. The summed E-state index contributed by atoms with van der Waals surface area (Å²) in [6, 6.07) is 9.12. The van der Waals surface area contributed by atoms with Crippen LogP contribution in [0.4, 0.5) is 0 Å². The van der Waals surface area contributed by atoms with Crippen molar-refractivity contribution in [2.75, 3.05) is 13.1 Å². The van der Waals surface area contributed by atoms with E-state index in [-0.39, 0.29) is 0 Å². The maximum Gasteiger partial charge on any atom is 0.120 e. The van der Waals surface area contributed by atoms with Crippen LogP contribution < -0.4 is 5.32 Å². The number of phenols is 1. The van der Waals surface area contributed by atoms with Gasteiger partial charge in [0, 0.05) is 30.2 Å². The molecule has 0 aliphatic carbocycles. The van der Waals surface area contributed by atoms with Crippen LogP contribution in [0.1, 0.15) is 51.6 Å². The van der Waals surface area contributed by atoms with Gasteiger partial charge in [0.05, 0.1) is 0 Å². The zero-order chi connectivity index (χ0) is 14.5. The molecule has 0 spiro atoms. The number of nitrogens with zero attached hydrogens (tertiary/aromatic N) is 1. The van der Waals surface area contributed by atoms with Crippen LogP contribution in [0, 0.1) is 0 Å². The summed E-state index contributed by atoms with van der Waals surface area (Å²) >= 11 is 0. The largest absolute Gasteiger partial charge is 0.508 e. The molecule has 2 N–H and O–H groups in total. The van der Waals surface area contributed by atoms with E-state index in [9.17, 15) is 5.11 Å². The summed E-state index contributed by atoms with van der Waals surface area (Å²) in [7, 11) is 0. The van der Waals surface area contributed by atoms with Gasteiger partial charge in [0.15, 0.2) is 0 Å². The minimum absolute atomic E-state index is 0.290. The van der Waals surface area contributed by atoms with E-state index in [0.717, 1.165) is 25.1 Å². The Morgan fingerprint density at radius 3 is 2.65 bits per heavy atom. The molecule has 0 saturated carbocycles. The first-order valence-corrected chi connectivity index (χ1v) is 7.90. The summed E-state index contributed by atoms with van der Waals surface area (Å²) < 4.78 is 0. The third-order valence-corrected chi connectivity index (χ3v) is 4.34. The molecular formula is C17H28N2O. The topological polar surface area (TPSA) is 35.5 Å². The van der Waals surface area contributed by atoms with Crippen LogP contribution in [0.25, 0.3) is 0 Å². The van der Waals surface area contributed by atoms with Gasteiger partial charge in [-0.1, -0.05) is 25.1 Å². The molecule has 3 nitrogen and oxygen atoms in total. The average Bonchev–Trinajstić information content (AvgIpc) is 2.93. The smallest absolute Gasteiger partial charge is 0.120 e. The molecule has 112 valence electrons. The standard InChI is InChI=1S/C17H28N2O/c1-4-16(15-9-5-6-10-17(15)20)19(13(2)3)12-14-8-7-11-18-14/h5-6,9-10,13-14,16,18,20H,4,7-8,11-12H2,1-3H3. The van der Waals surface area contributed by atoms with Crippen molar-refractivity contribution < 1.29 is 5.11 Å². The fourth-order valence-corrected chi connectivity index (χ4v) is 3.27. The minimum Gasteiger partial charge on any atom is -0.508 e. The number of hydrogen-bond acceptors (Lipinski definition) is 3. The van der Waals surface area contributed by atoms with E-state index in [1.807, 2.05) is 12.1 Å². The average molecular weight is 276 g/mol. The van der Waals surface area contributed by atoms with E-state index < -0.39 is 0 Å². The highest BCUT2D eigenvalue weighted by atomic mass is 16.3. The molecule has 0 radical (unpaired) electrons. The third-order valence-electron chi connectivity index (χ3n) is 4.34. The van der Waals surface area contributed by atoms with Gasteiger partial charge in [-0.2, -0.15) is 0 Å². The Morgan fingerprint density at radius 2 is 2.10 bits per heavy atom. The monoisotopic (exact) mass is 276 g/mol. The van der Waals surface area contributed by atoms with Crippen LogP contribution in [0.5, 0.6) is 5.75 Å². The molecule has 1 aromatic rings. The SMILES string of the molecule is CCC(c1ccccc1O)N(CC1CCCN1)C(C)C. The molecule has 0 amide bonds. The first-order chi connectivity index (χ1) is 9.63. The Bertz CT molecular complexity index is 413. The van der Waals surface area contributed by atoms with Gasteiger partial charge in [-0.05, 0) is 45.7 Å². The van der Waals surface area contributed by atoms with E-state index in [2.05, 4.69) is 37.1 Å². The van der Waals surface area contributed by atoms with E-state index in [4.69, 9.17) is 0 Å². The van der Waals surface area contributed by atoms with Crippen molar-refractivity contribution >= 4 is 0 Å². The summed E-state index contributed by atoms with van der Waals surface area (Å²) in [6.07, 6.45) is 3.56. The van der Waals surface area contributed by atoms with E-state index >= 15 is 0 Å². The Balaban J connectivity index is 2.18. The second kappa shape index (κ2) is 7.09. The molecule has 1 aliphatic rings. The van der Waals surface area contributed by atoms with Gasteiger partial charge in [-0.15, -0.1) is 0 Å². The number of phenolic OH excluding ortho intramolecular Hbond substituents is 1. The number of rotatable bonds is 6. The molecule has 2 unspecified atom stereocenters. The molecule has 3 heteroatoms. The van der Waals surface area contributed by atoms with Crippen LogP contribution in [-0.4, -0.2) is 35.2 Å². The molecule has 1 fully saturated rings. The fourth-order valence-electron chi connectivity index (χ4n) is 3.27. The van der Waals surface area contributed by atoms with Crippen LogP contribution in [-0.2, 0) is 0 Å². The predicted octanol–water partition coefficient (Wildman–Crippen LogP) is 3.31. The van der Waals surface area contributed by atoms with Gasteiger partial charge >= 0.3 is 0 Å². The van der Waals surface area contributed by atoms with Crippen molar-refractivity contribution in [2.45, 2.75) is 58.2 Å². The lowest BCUT2D eigenvalue weighted by atomic mass is 9.99. The summed E-state index contributed by atoms with van der Waals surface area (Å²) in [5.74, 6) is 0.421. The second-order valence-corrected chi connectivity index (χ2v) is 6.07. The Labute approximate surface area is 123 Å². The predicted molar refractivity (Wildman–Crippen MR) is 84.0 cm³/mol. The number of para-hydroxylation sites is 1. The van der Waals surface area contributed by atoms with Gasteiger partial charge in [0.2, 0.25) is 0 Å². The number of benzene rings is 1. The molecule has 1 heterocycles. The van der Waals surface area contributed by atoms with Crippen molar-refractivity contribution in [1.82, 2.24) is 10.2 Å². The van der Waals surface area contributed by atoms with Crippen LogP contribution in [0.3, 0.4) is 0 Å². The van der Waals surface area contributed by atoms with Gasteiger partial charge in [0.25, 0.3) is 0 Å². The minimum atomic E-state index is 0.290. The van der Waals surface area contributed by atoms with Gasteiger partial charge in [0.1, 0.15) is 5.75 Å². The molecule has 0 aromatic heterocycles. The maximum atomic E-state index is 10.2. The Kier molecular flexibility index (Phi) is 5.44. The Morgan fingerprint density at radius 1 is 1.35 bits per heavy atom.